The number of aliphatic imine (C=N–C) groups is 1. The Kier molecular flexibility index (Phi) is 5.85. The largest absolute Gasteiger partial charge is 0.262 e. The summed E-state index contributed by atoms with van der Waals surface area (Å²) in [6, 6.07) is 0. The van der Waals surface area contributed by atoms with Gasteiger partial charge in [-0.05, 0) is 32.1 Å². The van der Waals surface area contributed by atoms with Gasteiger partial charge >= 0.3 is 0 Å². The van der Waals surface area contributed by atoms with Crippen LogP contribution in [0.1, 0.15) is 67.7 Å². The summed E-state index contributed by atoms with van der Waals surface area (Å²) < 4.78 is 0. The Hall–Kier alpha value is -0.590. The van der Waals surface area contributed by atoms with Gasteiger partial charge in [-0.1, -0.05) is 46.6 Å². The fourth-order valence-electron chi connectivity index (χ4n) is 1.18. The van der Waals surface area contributed by atoms with Crippen LogP contribution in [-0.4, -0.2) is 5.71 Å². The molecule has 0 bridgehead atoms. The summed E-state index contributed by atoms with van der Waals surface area (Å²) >= 11 is 0. The van der Waals surface area contributed by atoms with Crippen molar-refractivity contribution in [1.29, 1.82) is 0 Å². The normalized spacial score (nSPS) is 15.3. The van der Waals surface area contributed by atoms with Crippen molar-refractivity contribution < 1.29 is 0 Å². The lowest BCUT2D eigenvalue weighted by Crippen LogP contribution is -2.17. The van der Waals surface area contributed by atoms with Crippen LogP contribution in [0.5, 0.6) is 0 Å². The fraction of sp³-hybridized carbons (Fsp3) is 0.786. The van der Waals surface area contributed by atoms with Crippen molar-refractivity contribution in [3.05, 3.63) is 11.3 Å². The third-order valence-corrected chi connectivity index (χ3v) is 2.90. The molecular formula is C14H27N. The van der Waals surface area contributed by atoms with E-state index in [4.69, 9.17) is 4.99 Å². The Balaban J connectivity index is 4.99. The van der Waals surface area contributed by atoms with Gasteiger partial charge in [-0.25, -0.2) is 0 Å². The van der Waals surface area contributed by atoms with Gasteiger partial charge in [0.15, 0.2) is 0 Å². The summed E-state index contributed by atoms with van der Waals surface area (Å²) in [6.07, 6.45) is 3.39. The van der Waals surface area contributed by atoms with Crippen LogP contribution in [0.4, 0.5) is 0 Å². The lowest BCUT2D eigenvalue weighted by Gasteiger charge is -2.19. The molecule has 1 heteroatoms. The van der Waals surface area contributed by atoms with Gasteiger partial charge in [0.1, 0.15) is 0 Å². The predicted octanol–water partition coefficient (Wildman–Crippen LogP) is 4.98. The molecule has 1 nitrogen and oxygen atoms in total. The first-order valence-corrected chi connectivity index (χ1v) is 6.07. The second-order valence-electron chi connectivity index (χ2n) is 5.28. The zero-order chi connectivity index (χ0) is 12.1. The molecule has 0 rings (SSSR count). The Bertz CT molecular complexity index is 251. The molecule has 88 valence electrons. The molecule has 0 spiro atoms. The molecule has 0 aromatic heterocycles. The molecule has 0 N–H and O–H groups in total. The van der Waals surface area contributed by atoms with Gasteiger partial charge in [0.2, 0.25) is 0 Å². The van der Waals surface area contributed by atoms with Crippen molar-refractivity contribution in [3.63, 3.8) is 0 Å². The van der Waals surface area contributed by atoms with Crippen LogP contribution in [0, 0.1) is 5.41 Å². The summed E-state index contributed by atoms with van der Waals surface area (Å²) in [7, 11) is 0. The molecule has 0 aromatic carbocycles. The van der Waals surface area contributed by atoms with E-state index in [1.54, 1.807) is 0 Å². The average molecular weight is 209 g/mol. The summed E-state index contributed by atoms with van der Waals surface area (Å²) in [5.74, 6) is 0. The first kappa shape index (κ1) is 14.4. The highest BCUT2D eigenvalue weighted by atomic mass is 14.8. The van der Waals surface area contributed by atoms with Crippen LogP contribution in [0.3, 0.4) is 0 Å². The first-order valence-electron chi connectivity index (χ1n) is 6.07. The Morgan fingerprint density at radius 1 is 1.07 bits per heavy atom. The number of rotatable bonds is 4. The highest BCUT2D eigenvalue weighted by Crippen LogP contribution is 2.21. The zero-order valence-corrected chi connectivity index (χ0v) is 11.6. The molecule has 0 saturated heterocycles. The Labute approximate surface area is 95.7 Å². The van der Waals surface area contributed by atoms with Crippen molar-refractivity contribution in [3.8, 4) is 0 Å². The minimum absolute atomic E-state index is 0.188. The molecule has 0 amide bonds. The minimum atomic E-state index is 0.188. The summed E-state index contributed by atoms with van der Waals surface area (Å²) in [4.78, 5) is 4.80. The highest BCUT2D eigenvalue weighted by Gasteiger charge is 2.14. The molecule has 0 atom stereocenters. The van der Waals surface area contributed by atoms with Gasteiger partial charge < -0.3 is 0 Å². The van der Waals surface area contributed by atoms with E-state index in [0.717, 1.165) is 12.8 Å². The van der Waals surface area contributed by atoms with Gasteiger partial charge in [-0.3, -0.25) is 4.99 Å². The second kappa shape index (κ2) is 6.09. The van der Waals surface area contributed by atoms with Gasteiger partial charge in [-0.15, -0.1) is 0 Å². The van der Waals surface area contributed by atoms with Crippen molar-refractivity contribution in [2.45, 2.75) is 67.7 Å². The summed E-state index contributed by atoms with van der Waals surface area (Å²) in [5.41, 5.74) is 4.15. The fourth-order valence-corrected chi connectivity index (χ4v) is 1.18. The number of allylic oxidation sites excluding steroid dienone is 2. The summed E-state index contributed by atoms with van der Waals surface area (Å²) in [6.45, 7) is 15.4. The van der Waals surface area contributed by atoms with E-state index >= 15 is 0 Å². The average Bonchev–Trinajstić information content (AvgIpc) is 2.14. The Morgan fingerprint density at radius 3 is 1.93 bits per heavy atom. The number of nitrogens with zero attached hydrogens (tertiary/aromatic N) is 1. The van der Waals surface area contributed by atoms with E-state index in [-0.39, 0.29) is 5.41 Å². The van der Waals surface area contributed by atoms with Crippen LogP contribution in [0.25, 0.3) is 0 Å². The molecule has 0 saturated carbocycles. The van der Waals surface area contributed by atoms with Crippen LogP contribution in [0.2, 0.25) is 0 Å². The van der Waals surface area contributed by atoms with Crippen LogP contribution in [-0.2, 0) is 0 Å². The van der Waals surface area contributed by atoms with Crippen molar-refractivity contribution in [2.75, 3.05) is 0 Å². The Morgan fingerprint density at radius 2 is 1.60 bits per heavy atom. The summed E-state index contributed by atoms with van der Waals surface area (Å²) in [5, 5.41) is 0. The van der Waals surface area contributed by atoms with Crippen molar-refractivity contribution >= 4 is 5.71 Å². The van der Waals surface area contributed by atoms with E-state index in [0.29, 0.717) is 0 Å². The lowest BCUT2D eigenvalue weighted by atomic mass is 9.91. The van der Waals surface area contributed by atoms with Gasteiger partial charge in [0.05, 0.1) is 0 Å². The van der Waals surface area contributed by atoms with Crippen LogP contribution in [0.15, 0.2) is 16.3 Å². The molecule has 15 heavy (non-hydrogen) atoms. The molecule has 0 heterocycles. The van der Waals surface area contributed by atoms with E-state index < -0.39 is 0 Å². The number of hydrogen-bond acceptors (Lipinski definition) is 1. The van der Waals surface area contributed by atoms with E-state index in [1.165, 1.54) is 23.4 Å². The highest BCUT2D eigenvalue weighted by molar-refractivity contribution is 5.87. The van der Waals surface area contributed by atoms with Crippen molar-refractivity contribution in [2.24, 2.45) is 10.4 Å². The monoisotopic (exact) mass is 209 g/mol. The van der Waals surface area contributed by atoms with Gasteiger partial charge in [-0.2, -0.15) is 0 Å². The topological polar surface area (TPSA) is 12.4 Å². The molecule has 0 aliphatic rings. The second-order valence-corrected chi connectivity index (χ2v) is 5.28. The first-order chi connectivity index (χ1) is 6.82. The predicted molar refractivity (Wildman–Crippen MR) is 70.5 cm³/mol. The quantitative estimate of drug-likeness (QED) is 0.579. The van der Waals surface area contributed by atoms with E-state index in [2.05, 4.69) is 48.5 Å². The molecular weight excluding hydrogens is 182 g/mol. The zero-order valence-electron chi connectivity index (χ0n) is 11.6. The van der Waals surface area contributed by atoms with Gasteiger partial charge in [0.25, 0.3) is 0 Å². The lowest BCUT2D eigenvalue weighted by molar-refractivity contribution is 0.586. The molecule has 0 aliphatic carbocycles. The standard InChI is InChI=1S/C14H27N/c1-8-10-13(11(3)9-2)15-12(4)14(5,6)7/h8-10H2,1-7H3/b13-11+,15-12?. The molecule has 0 fully saturated rings. The van der Waals surface area contributed by atoms with Gasteiger partial charge in [0, 0.05) is 11.4 Å². The number of hydrogen-bond donors (Lipinski definition) is 0. The molecule has 0 aromatic rings. The molecule has 0 radical (unpaired) electrons. The van der Waals surface area contributed by atoms with Crippen molar-refractivity contribution in [1.82, 2.24) is 0 Å². The molecule has 0 unspecified atom stereocenters. The van der Waals surface area contributed by atoms with Crippen LogP contribution >= 0.6 is 0 Å². The minimum Gasteiger partial charge on any atom is -0.262 e. The molecule has 0 aliphatic heterocycles. The van der Waals surface area contributed by atoms with E-state index in [1.807, 2.05) is 0 Å². The third-order valence-electron chi connectivity index (χ3n) is 2.90. The smallest absolute Gasteiger partial charge is 0.0392 e. The third kappa shape index (κ3) is 5.15. The SMILES string of the molecule is CCC/C(N=C(C)C(C)(C)C)=C(/C)CC. The van der Waals surface area contributed by atoms with E-state index in [9.17, 15) is 0 Å². The maximum atomic E-state index is 4.80. The maximum absolute atomic E-state index is 4.80. The maximum Gasteiger partial charge on any atom is 0.0392 e. The van der Waals surface area contributed by atoms with Crippen LogP contribution < -0.4 is 0 Å².